The Morgan fingerprint density at radius 1 is 0.933 bits per heavy atom. The molecule has 0 radical (unpaired) electrons. The summed E-state index contributed by atoms with van der Waals surface area (Å²) in [6, 6.07) is 24.1. The monoisotopic (exact) mass is 440 g/mol. The number of rotatable bonds is 7. The van der Waals surface area contributed by atoms with Gasteiger partial charge >= 0.3 is 7.60 Å². The lowest BCUT2D eigenvalue weighted by Gasteiger charge is -2.14. The lowest BCUT2D eigenvalue weighted by Crippen LogP contribution is -2.06. The van der Waals surface area contributed by atoms with E-state index in [1.807, 2.05) is 41.0 Å². The van der Waals surface area contributed by atoms with Gasteiger partial charge in [-0.25, -0.2) is 4.98 Å². The third kappa shape index (κ3) is 4.21. The lowest BCUT2D eigenvalue weighted by atomic mass is 10.1. The molecule has 4 aromatic rings. The predicted octanol–water partition coefficient (Wildman–Crippen LogP) is 6.37. The zero-order chi connectivity index (χ0) is 21.1. The van der Waals surface area contributed by atoms with Crippen LogP contribution >= 0.6 is 19.2 Å². The van der Waals surface area contributed by atoms with Crippen molar-refractivity contribution in [3.8, 4) is 16.8 Å². The molecule has 0 spiro atoms. The van der Waals surface area contributed by atoms with Gasteiger partial charge in [-0.3, -0.25) is 9.13 Å². The highest BCUT2D eigenvalue weighted by Gasteiger charge is 2.23. The lowest BCUT2D eigenvalue weighted by molar-refractivity contribution is 0.276. The summed E-state index contributed by atoms with van der Waals surface area (Å²) < 4.78 is 24.8. The van der Waals surface area contributed by atoms with Crippen LogP contribution in [0.25, 0.3) is 27.8 Å². The van der Waals surface area contributed by atoms with Gasteiger partial charge in [0.15, 0.2) is 0 Å². The molecule has 0 aliphatic heterocycles. The molecule has 7 heteroatoms. The van der Waals surface area contributed by atoms with Crippen LogP contribution in [0.4, 0.5) is 0 Å². The van der Waals surface area contributed by atoms with Gasteiger partial charge in [0.1, 0.15) is 5.82 Å². The Balaban J connectivity index is 1.76. The van der Waals surface area contributed by atoms with Crippen molar-refractivity contribution in [2.45, 2.75) is 6.42 Å². The largest absolute Gasteiger partial charge is 0.330 e. The van der Waals surface area contributed by atoms with Crippen molar-refractivity contribution in [2.24, 2.45) is 0 Å². The first-order chi connectivity index (χ1) is 14.5. The van der Waals surface area contributed by atoms with Crippen LogP contribution in [0.3, 0.4) is 0 Å². The minimum absolute atomic E-state index is 0.235. The Bertz CT molecular complexity index is 1200. The van der Waals surface area contributed by atoms with Crippen LogP contribution in [0.1, 0.15) is 5.82 Å². The SMILES string of the molecule is COP(=O)(CCc1nc2ccc(Cl)cc2n1-c1ccc(-c2ccccc2)cc1)OC. The first kappa shape index (κ1) is 20.8. The van der Waals surface area contributed by atoms with Crippen LogP contribution in [-0.4, -0.2) is 29.9 Å². The van der Waals surface area contributed by atoms with Crippen LogP contribution in [0.2, 0.25) is 5.02 Å². The number of aryl methyl sites for hydroxylation is 1. The molecule has 3 aromatic carbocycles. The number of halogens is 1. The molecule has 0 fully saturated rings. The third-order valence-electron chi connectivity index (χ3n) is 5.08. The zero-order valence-corrected chi connectivity index (χ0v) is 18.4. The average Bonchev–Trinajstić information content (AvgIpc) is 3.15. The van der Waals surface area contributed by atoms with Gasteiger partial charge in [0, 0.05) is 31.4 Å². The molecule has 4 rings (SSSR count). The molecule has 1 aromatic heterocycles. The normalized spacial score (nSPS) is 11.8. The molecule has 154 valence electrons. The molecule has 0 aliphatic rings. The van der Waals surface area contributed by atoms with Gasteiger partial charge in [0.2, 0.25) is 0 Å². The number of nitrogens with zero attached hydrogens (tertiary/aromatic N) is 2. The maximum atomic E-state index is 12.5. The molecule has 0 amide bonds. The van der Waals surface area contributed by atoms with Crippen LogP contribution < -0.4 is 0 Å². The molecule has 0 saturated heterocycles. The number of hydrogen-bond donors (Lipinski definition) is 0. The molecule has 0 unspecified atom stereocenters. The van der Waals surface area contributed by atoms with Gasteiger partial charge in [-0.1, -0.05) is 54.1 Å². The molecule has 0 N–H and O–H groups in total. The molecule has 0 aliphatic carbocycles. The summed E-state index contributed by atoms with van der Waals surface area (Å²) in [5.41, 5.74) is 4.97. The fourth-order valence-electron chi connectivity index (χ4n) is 3.48. The zero-order valence-electron chi connectivity index (χ0n) is 16.8. The minimum Gasteiger partial charge on any atom is -0.312 e. The van der Waals surface area contributed by atoms with E-state index in [9.17, 15) is 4.57 Å². The van der Waals surface area contributed by atoms with Crippen LogP contribution in [0.5, 0.6) is 0 Å². The predicted molar refractivity (Wildman–Crippen MR) is 122 cm³/mol. The fraction of sp³-hybridized carbons (Fsp3) is 0.174. The summed E-state index contributed by atoms with van der Waals surface area (Å²) in [5, 5.41) is 0.635. The second kappa shape index (κ2) is 8.75. The number of fused-ring (bicyclic) bond motifs is 1. The average molecular weight is 441 g/mol. The molecule has 0 saturated carbocycles. The van der Waals surface area contributed by atoms with Crippen molar-refractivity contribution in [2.75, 3.05) is 20.4 Å². The Hall–Kier alpha value is -2.43. The molecule has 0 bridgehead atoms. The maximum absolute atomic E-state index is 12.5. The fourth-order valence-corrected chi connectivity index (χ4v) is 4.64. The van der Waals surface area contributed by atoms with E-state index in [0.717, 1.165) is 33.7 Å². The van der Waals surface area contributed by atoms with Crippen molar-refractivity contribution in [3.63, 3.8) is 0 Å². The van der Waals surface area contributed by atoms with E-state index in [-0.39, 0.29) is 6.16 Å². The van der Waals surface area contributed by atoms with E-state index >= 15 is 0 Å². The second-order valence-electron chi connectivity index (χ2n) is 6.86. The molecule has 5 nitrogen and oxygen atoms in total. The first-order valence-electron chi connectivity index (χ1n) is 9.56. The van der Waals surface area contributed by atoms with Crippen molar-refractivity contribution in [1.29, 1.82) is 0 Å². The topological polar surface area (TPSA) is 53.3 Å². The molecular formula is C23H22ClN2O3P. The van der Waals surface area contributed by atoms with E-state index in [0.29, 0.717) is 11.4 Å². The van der Waals surface area contributed by atoms with E-state index in [4.69, 9.17) is 25.6 Å². The smallest absolute Gasteiger partial charge is 0.312 e. The standard InChI is InChI=1S/C23H22ClN2O3P/c1-28-30(27,29-2)15-14-23-25-21-13-10-19(24)16-22(21)26(23)20-11-8-18(9-12-20)17-6-4-3-5-7-17/h3-13,16H,14-15H2,1-2H3. The van der Waals surface area contributed by atoms with E-state index in [2.05, 4.69) is 36.4 Å². The van der Waals surface area contributed by atoms with Gasteiger partial charge in [-0.15, -0.1) is 0 Å². The summed E-state index contributed by atoms with van der Waals surface area (Å²) in [5.74, 6) is 0.772. The van der Waals surface area contributed by atoms with Gasteiger partial charge < -0.3 is 9.05 Å². The summed E-state index contributed by atoms with van der Waals surface area (Å²) in [6.07, 6.45) is 0.671. The van der Waals surface area contributed by atoms with Gasteiger partial charge in [0.25, 0.3) is 0 Å². The van der Waals surface area contributed by atoms with Crippen LogP contribution in [-0.2, 0) is 20.0 Å². The van der Waals surface area contributed by atoms with Crippen molar-refractivity contribution in [1.82, 2.24) is 9.55 Å². The van der Waals surface area contributed by atoms with Gasteiger partial charge in [-0.2, -0.15) is 0 Å². The summed E-state index contributed by atoms with van der Waals surface area (Å²) in [7, 11) is -0.342. The minimum atomic E-state index is -3.14. The summed E-state index contributed by atoms with van der Waals surface area (Å²) in [6.45, 7) is 0. The highest BCUT2D eigenvalue weighted by atomic mass is 35.5. The highest BCUT2D eigenvalue weighted by molar-refractivity contribution is 7.53. The summed E-state index contributed by atoms with van der Waals surface area (Å²) in [4.78, 5) is 4.75. The first-order valence-corrected chi connectivity index (χ1v) is 11.7. The molecular weight excluding hydrogens is 419 g/mol. The number of hydrogen-bond acceptors (Lipinski definition) is 4. The van der Waals surface area contributed by atoms with Crippen molar-refractivity contribution >= 4 is 30.2 Å². The molecule has 0 atom stereocenters. The van der Waals surface area contributed by atoms with Gasteiger partial charge in [0.05, 0.1) is 17.2 Å². The highest BCUT2D eigenvalue weighted by Crippen LogP contribution is 2.46. The van der Waals surface area contributed by atoms with E-state index in [1.54, 1.807) is 0 Å². The Morgan fingerprint density at radius 2 is 1.60 bits per heavy atom. The van der Waals surface area contributed by atoms with Gasteiger partial charge in [-0.05, 0) is 41.5 Å². The summed E-state index contributed by atoms with van der Waals surface area (Å²) >= 11 is 6.26. The Morgan fingerprint density at radius 3 is 2.27 bits per heavy atom. The number of aromatic nitrogens is 2. The molecule has 30 heavy (non-hydrogen) atoms. The van der Waals surface area contributed by atoms with E-state index in [1.165, 1.54) is 14.2 Å². The second-order valence-corrected chi connectivity index (χ2v) is 9.69. The number of imidazole rings is 1. The van der Waals surface area contributed by atoms with Crippen LogP contribution in [0, 0.1) is 0 Å². The number of benzene rings is 3. The molecule has 1 heterocycles. The quantitative estimate of drug-likeness (QED) is 0.313. The Labute approximate surface area is 180 Å². The third-order valence-corrected chi connectivity index (χ3v) is 7.20. The Kier molecular flexibility index (Phi) is 6.07. The van der Waals surface area contributed by atoms with Crippen molar-refractivity contribution < 1.29 is 13.6 Å². The van der Waals surface area contributed by atoms with Crippen LogP contribution in [0.15, 0.2) is 72.8 Å². The van der Waals surface area contributed by atoms with E-state index < -0.39 is 7.60 Å². The van der Waals surface area contributed by atoms with Crippen molar-refractivity contribution in [3.05, 3.63) is 83.6 Å². The maximum Gasteiger partial charge on any atom is 0.330 e.